The Labute approximate surface area is 122 Å². The van der Waals surface area contributed by atoms with Gasteiger partial charge in [0.15, 0.2) is 10.1 Å². The monoisotopic (exact) mass is 298 g/mol. The van der Waals surface area contributed by atoms with Gasteiger partial charge in [-0.15, -0.1) is 11.3 Å². The average Bonchev–Trinajstić information content (AvgIpc) is 2.92. The highest BCUT2D eigenvalue weighted by Gasteiger charge is 2.21. The smallest absolute Gasteiger partial charge is 0.195 e. The molecule has 0 bridgehead atoms. The summed E-state index contributed by atoms with van der Waals surface area (Å²) in [4.78, 5) is 7.97. The zero-order valence-electron chi connectivity index (χ0n) is 11.3. The summed E-state index contributed by atoms with van der Waals surface area (Å²) in [5.74, 6) is 0. The van der Waals surface area contributed by atoms with E-state index in [1.54, 1.807) is 11.3 Å². The van der Waals surface area contributed by atoms with E-state index in [9.17, 15) is 0 Å². The lowest BCUT2D eigenvalue weighted by Gasteiger charge is -2.32. The number of fused-ring (bicyclic) bond motifs is 1. The summed E-state index contributed by atoms with van der Waals surface area (Å²) in [7, 11) is 0. The molecule has 1 aliphatic heterocycles. The van der Waals surface area contributed by atoms with Gasteiger partial charge in [-0.2, -0.15) is 0 Å². The first-order chi connectivity index (χ1) is 9.16. The number of nitrogens with zero attached hydrogens (tertiary/aromatic N) is 3. The second kappa shape index (κ2) is 5.40. The number of nitrogens with one attached hydrogen (secondary N) is 1. The predicted molar refractivity (Wildman–Crippen MR) is 80.4 cm³/mol. The van der Waals surface area contributed by atoms with E-state index in [1.165, 1.54) is 5.69 Å². The van der Waals surface area contributed by atoms with E-state index in [0.717, 1.165) is 43.3 Å². The molecule has 0 aliphatic carbocycles. The predicted octanol–water partition coefficient (Wildman–Crippen LogP) is 2.19. The summed E-state index contributed by atoms with van der Waals surface area (Å²) in [6.45, 7) is 8.78. The standard InChI is InChI=1S/C13H19ClN4S/c1-9(17-5-3-15-4-6-17)7-11-12(14)16-13-18(11)10(2)8-19-13/h8-9,15H,3-7H2,1-2H3. The van der Waals surface area contributed by atoms with Gasteiger partial charge in [-0.3, -0.25) is 9.30 Å². The molecule has 0 spiro atoms. The highest BCUT2D eigenvalue weighted by molar-refractivity contribution is 7.15. The molecule has 104 valence electrons. The molecule has 6 heteroatoms. The van der Waals surface area contributed by atoms with Crippen molar-refractivity contribution in [1.29, 1.82) is 0 Å². The first-order valence-corrected chi connectivity index (χ1v) is 7.98. The Kier molecular flexibility index (Phi) is 3.80. The third-order valence-electron chi connectivity index (χ3n) is 3.84. The summed E-state index contributed by atoms with van der Waals surface area (Å²) >= 11 is 7.96. The van der Waals surface area contributed by atoms with E-state index in [2.05, 4.69) is 38.8 Å². The lowest BCUT2D eigenvalue weighted by molar-refractivity contribution is 0.182. The summed E-state index contributed by atoms with van der Waals surface area (Å²) in [5, 5.41) is 6.19. The maximum Gasteiger partial charge on any atom is 0.195 e. The van der Waals surface area contributed by atoms with E-state index in [1.807, 2.05) is 0 Å². The number of halogens is 1. The van der Waals surface area contributed by atoms with Crippen LogP contribution in [0.4, 0.5) is 0 Å². The molecule has 2 aromatic heterocycles. The molecule has 1 atom stereocenters. The molecule has 0 aromatic carbocycles. The molecule has 2 aromatic rings. The second-order valence-corrected chi connectivity index (χ2v) is 6.38. The van der Waals surface area contributed by atoms with Crippen molar-refractivity contribution in [3.63, 3.8) is 0 Å². The largest absolute Gasteiger partial charge is 0.314 e. The lowest BCUT2D eigenvalue weighted by Crippen LogP contribution is -2.48. The van der Waals surface area contributed by atoms with Crippen LogP contribution < -0.4 is 5.32 Å². The number of hydrogen-bond acceptors (Lipinski definition) is 4. The van der Waals surface area contributed by atoms with Gasteiger partial charge in [0.2, 0.25) is 0 Å². The lowest BCUT2D eigenvalue weighted by atomic mass is 10.1. The van der Waals surface area contributed by atoms with Gasteiger partial charge in [-0.25, -0.2) is 4.98 Å². The molecule has 3 rings (SSSR count). The molecular formula is C13H19ClN4S. The Morgan fingerprint density at radius 1 is 1.47 bits per heavy atom. The fraction of sp³-hybridized carbons (Fsp3) is 0.615. The van der Waals surface area contributed by atoms with E-state index >= 15 is 0 Å². The number of aromatic nitrogens is 2. The van der Waals surface area contributed by atoms with Crippen LogP contribution in [-0.4, -0.2) is 46.5 Å². The van der Waals surface area contributed by atoms with Crippen molar-refractivity contribution in [3.05, 3.63) is 21.9 Å². The van der Waals surface area contributed by atoms with Gasteiger partial charge in [0.1, 0.15) is 0 Å². The molecular weight excluding hydrogens is 280 g/mol. The summed E-state index contributed by atoms with van der Waals surface area (Å²) < 4.78 is 2.20. The molecule has 4 nitrogen and oxygen atoms in total. The minimum atomic E-state index is 0.499. The second-order valence-electron chi connectivity index (χ2n) is 5.18. The van der Waals surface area contributed by atoms with Gasteiger partial charge in [0.05, 0.1) is 5.69 Å². The van der Waals surface area contributed by atoms with Gasteiger partial charge in [-0.1, -0.05) is 11.6 Å². The molecule has 1 saturated heterocycles. The number of rotatable bonds is 3. The minimum absolute atomic E-state index is 0.499. The number of hydrogen-bond donors (Lipinski definition) is 1. The fourth-order valence-electron chi connectivity index (χ4n) is 2.75. The van der Waals surface area contributed by atoms with Crippen LogP contribution in [0, 0.1) is 6.92 Å². The Morgan fingerprint density at radius 3 is 2.95 bits per heavy atom. The van der Waals surface area contributed by atoms with Crippen molar-refractivity contribution in [1.82, 2.24) is 19.6 Å². The minimum Gasteiger partial charge on any atom is -0.314 e. The third kappa shape index (κ3) is 2.52. The van der Waals surface area contributed by atoms with Crippen LogP contribution in [0.5, 0.6) is 0 Å². The van der Waals surface area contributed by atoms with E-state index in [0.29, 0.717) is 11.2 Å². The normalized spacial score (nSPS) is 19.1. The van der Waals surface area contributed by atoms with Gasteiger partial charge in [-0.05, 0) is 13.8 Å². The Bertz CT molecular complexity index is 570. The van der Waals surface area contributed by atoms with Crippen LogP contribution in [0.1, 0.15) is 18.3 Å². The Balaban J connectivity index is 1.83. The molecule has 3 heterocycles. The van der Waals surface area contributed by atoms with Gasteiger partial charge >= 0.3 is 0 Å². The van der Waals surface area contributed by atoms with Gasteiger partial charge in [0.25, 0.3) is 0 Å². The number of piperazine rings is 1. The molecule has 0 amide bonds. The van der Waals surface area contributed by atoms with Crippen LogP contribution in [0.25, 0.3) is 4.96 Å². The highest BCUT2D eigenvalue weighted by atomic mass is 35.5. The van der Waals surface area contributed by atoms with Crippen LogP contribution in [0.15, 0.2) is 5.38 Å². The SMILES string of the molecule is Cc1csc2nc(Cl)c(CC(C)N3CCNCC3)n12. The summed E-state index contributed by atoms with van der Waals surface area (Å²) in [6, 6.07) is 0.499. The topological polar surface area (TPSA) is 32.6 Å². The van der Waals surface area contributed by atoms with Crippen LogP contribution in [0.3, 0.4) is 0 Å². The number of imidazole rings is 1. The fourth-order valence-corrected chi connectivity index (χ4v) is 3.92. The zero-order chi connectivity index (χ0) is 13.4. The maximum absolute atomic E-state index is 6.31. The van der Waals surface area contributed by atoms with Crippen molar-refractivity contribution in [2.45, 2.75) is 26.3 Å². The zero-order valence-corrected chi connectivity index (χ0v) is 12.9. The average molecular weight is 299 g/mol. The first-order valence-electron chi connectivity index (χ1n) is 6.72. The van der Waals surface area contributed by atoms with Gasteiger partial charge < -0.3 is 5.32 Å². The molecule has 1 fully saturated rings. The molecule has 19 heavy (non-hydrogen) atoms. The van der Waals surface area contributed by atoms with Crippen molar-refractivity contribution >= 4 is 27.9 Å². The first kappa shape index (κ1) is 13.4. The van der Waals surface area contributed by atoms with Crippen LogP contribution in [0.2, 0.25) is 5.15 Å². The van der Waals surface area contributed by atoms with Crippen molar-refractivity contribution in [2.24, 2.45) is 0 Å². The van der Waals surface area contributed by atoms with Crippen LogP contribution >= 0.6 is 22.9 Å². The van der Waals surface area contributed by atoms with Crippen molar-refractivity contribution < 1.29 is 0 Å². The van der Waals surface area contributed by atoms with E-state index in [4.69, 9.17) is 11.6 Å². The van der Waals surface area contributed by atoms with E-state index in [-0.39, 0.29) is 0 Å². The summed E-state index contributed by atoms with van der Waals surface area (Å²) in [5.41, 5.74) is 2.38. The molecule has 0 radical (unpaired) electrons. The number of thiazole rings is 1. The van der Waals surface area contributed by atoms with Gasteiger partial charge in [0, 0.05) is 49.7 Å². The molecule has 1 unspecified atom stereocenters. The Morgan fingerprint density at radius 2 is 2.21 bits per heavy atom. The van der Waals surface area contributed by atoms with E-state index < -0.39 is 0 Å². The van der Waals surface area contributed by atoms with Crippen molar-refractivity contribution in [2.75, 3.05) is 26.2 Å². The molecule has 1 aliphatic rings. The molecule has 0 saturated carbocycles. The third-order valence-corrected chi connectivity index (χ3v) is 5.09. The number of aryl methyl sites for hydroxylation is 1. The Hall–Kier alpha value is -0.620. The highest BCUT2D eigenvalue weighted by Crippen LogP contribution is 2.25. The van der Waals surface area contributed by atoms with Crippen LogP contribution in [-0.2, 0) is 6.42 Å². The molecule has 1 N–H and O–H groups in total. The quantitative estimate of drug-likeness (QED) is 0.943. The van der Waals surface area contributed by atoms with Crippen molar-refractivity contribution in [3.8, 4) is 0 Å². The summed E-state index contributed by atoms with van der Waals surface area (Å²) in [6.07, 6.45) is 0.956. The maximum atomic E-state index is 6.31.